The summed E-state index contributed by atoms with van der Waals surface area (Å²) in [5, 5.41) is 7.92. The maximum absolute atomic E-state index is 5.27. The van der Waals surface area contributed by atoms with Gasteiger partial charge in [-0.3, -0.25) is 0 Å². The van der Waals surface area contributed by atoms with E-state index in [0.717, 1.165) is 42.6 Å². The van der Waals surface area contributed by atoms with Crippen LogP contribution in [0.4, 0.5) is 0 Å². The van der Waals surface area contributed by atoms with Crippen molar-refractivity contribution in [2.45, 2.75) is 26.8 Å². The number of nitrogens with zero attached hydrogens (tertiary/aromatic N) is 2. The van der Waals surface area contributed by atoms with Crippen LogP contribution in [-0.2, 0) is 13.0 Å². The highest BCUT2D eigenvalue weighted by atomic mass is 32.1. The van der Waals surface area contributed by atoms with Gasteiger partial charge in [-0.2, -0.15) is 0 Å². The molecule has 0 bridgehead atoms. The fraction of sp³-hybridized carbons (Fsp3) is 0.600. The molecule has 1 aromatic heterocycles. The third kappa shape index (κ3) is 1.97. The van der Waals surface area contributed by atoms with Gasteiger partial charge in [-0.05, 0) is 32.5 Å². The molecule has 2 heterocycles. The zero-order valence-electron chi connectivity index (χ0n) is 9.04. The van der Waals surface area contributed by atoms with Gasteiger partial charge in [0.15, 0.2) is 10.9 Å². The van der Waals surface area contributed by atoms with Crippen molar-refractivity contribution in [3.63, 3.8) is 0 Å². The summed E-state index contributed by atoms with van der Waals surface area (Å²) in [6.45, 7) is 6.57. The zero-order chi connectivity index (χ0) is 10.8. The molecular weight excluding hydrogens is 210 g/mol. The van der Waals surface area contributed by atoms with Gasteiger partial charge in [-0.15, -0.1) is 0 Å². The smallest absolute Gasteiger partial charge is 0.169 e. The Bertz CT molecular complexity index is 375. The van der Waals surface area contributed by atoms with E-state index in [1.165, 1.54) is 5.56 Å². The van der Waals surface area contributed by atoms with E-state index < -0.39 is 0 Å². The van der Waals surface area contributed by atoms with Crippen molar-refractivity contribution in [3.05, 3.63) is 17.0 Å². The van der Waals surface area contributed by atoms with Crippen molar-refractivity contribution in [1.29, 1.82) is 0 Å². The van der Waals surface area contributed by atoms with Crippen LogP contribution in [0.25, 0.3) is 0 Å². The molecule has 82 valence electrons. The first-order valence-corrected chi connectivity index (χ1v) is 5.60. The Morgan fingerprint density at radius 1 is 1.67 bits per heavy atom. The van der Waals surface area contributed by atoms with Crippen molar-refractivity contribution in [2.75, 3.05) is 13.1 Å². The van der Waals surface area contributed by atoms with Crippen LogP contribution in [-0.4, -0.2) is 28.3 Å². The van der Waals surface area contributed by atoms with Crippen LogP contribution in [0.5, 0.6) is 0 Å². The van der Waals surface area contributed by atoms with Gasteiger partial charge < -0.3 is 14.7 Å². The summed E-state index contributed by atoms with van der Waals surface area (Å²) in [6, 6.07) is 0. The summed E-state index contributed by atoms with van der Waals surface area (Å²) >= 11 is 5.26. The Labute approximate surface area is 94.6 Å². The molecule has 0 spiro atoms. The summed E-state index contributed by atoms with van der Waals surface area (Å²) in [5.74, 6) is 0.957. The van der Waals surface area contributed by atoms with Crippen LogP contribution in [0.1, 0.15) is 23.9 Å². The molecule has 1 N–H and O–H groups in total. The first-order chi connectivity index (χ1) is 7.22. The number of aryl methyl sites for hydroxylation is 1. The van der Waals surface area contributed by atoms with Crippen molar-refractivity contribution >= 4 is 17.3 Å². The van der Waals surface area contributed by atoms with E-state index >= 15 is 0 Å². The topological polar surface area (TPSA) is 41.3 Å². The maximum atomic E-state index is 5.27. The Kier molecular flexibility index (Phi) is 2.90. The predicted molar refractivity (Wildman–Crippen MR) is 61.6 cm³/mol. The van der Waals surface area contributed by atoms with Crippen LogP contribution < -0.4 is 5.32 Å². The largest absolute Gasteiger partial charge is 0.363 e. The first-order valence-electron chi connectivity index (χ1n) is 5.19. The molecule has 1 aromatic rings. The van der Waals surface area contributed by atoms with E-state index in [1.54, 1.807) is 0 Å². The van der Waals surface area contributed by atoms with Gasteiger partial charge in [0.25, 0.3) is 0 Å². The van der Waals surface area contributed by atoms with Crippen LogP contribution >= 0.6 is 12.2 Å². The minimum Gasteiger partial charge on any atom is -0.363 e. The molecule has 5 heteroatoms. The van der Waals surface area contributed by atoms with E-state index in [-0.39, 0.29) is 0 Å². The number of hydrogen-bond acceptors (Lipinski definition) is 3. The highest BCUT2D eigenvalue weighted by Gasteiger charge is 2.23. The Morgan fingerprint density at radius 3 is 3.20 bits per heavy atom. The van der Waals surface area contributed by atoms with Crippen LogP contribution in [0.2, 0.25) is 0 Å². The van der Waals surface area contributed by atoms with E-state index in [4.69, 9.17) is 16.7 Å². The zero-order valence-corrected chi connectivity index (χ0v) is 9.86. The van der Waals surface area contributed by atoms with Crippen molar-refractivity contribution in [3.8, 4) is 0 Å². The van der Waals surface area contributed by atoms with Gasteiger partial charge >= 0.3 is 0 Å². The van der Waals surface area contributed by atoms with Crippen LogP contribution in [0.15, 0.2) is 4.52 Å². The number of fused-ring (bicyclic) bond motifs is 1. The summed E-state index contributed by atoms with van der Waals surface area (Å²) in [4.78, 5) is 2.12. The maximum Gasteiger partial charge on any atom is 0.169 e. The Morgan fingerprint density at radius 2 is 2.47 bits per heavy atom. The van der Waals surface area contributed by atoms with Gasteiger partial charge in [0.1, 0.15) is 0 Å². The molecule has 0 atom stereocenters. The third-order valence-corrected chi connectivity index (χ3v) is 3.05. The average Bonchev–Trinajstić information content (AvgIpc) is 2.60. The van der Waals surface area contributed by atoms with Gasteiger partial charge in [0, 0.05) is 18.7 Å². The quantitative estimate of drug-likeness (QED) is 0.728. The first kappa shape index (κ1) is 10.4. The third-order valence-electron chi connectivity index (χ3n) is 2.65. The number of aromatic nitrogens is 1. The van der Waals surface area contributed by atoms with Crippen molar-refractivity contribution in [2.24, 2.45) is 0 Å². The lowest BCUT2D eigenvalue weighted by molar-refractivity contribution is 0.300. The molecule has 0 saturated carbocycles. The number of rotatable bonds is 1. The number of nitrogens with one attached hydrogen (secondary N) is 1. The number of thiocarbonyl (C=S) groups is 1. The second kappa shape index (κ2) is 4.18. The van der Waals surface area contributed by atoms with E-state index in [1.807, 2.05) is 13.8 Å². The van der Waals surface area contributed by atoms with Gasteiger partial charge in [0.2, 0.25) is 0 Å². The standard InChI is InChI=1S/C10H15N3OS/c1-3-11-10(15)13-5-4-8-7(2)12-14-9(8)6-13/h3-6H2,1-2H3,(H,11,15). The van der Waals surface area contributed by atoms with Crippen molar-refractivity contribution < 1.29 is 4.52 Å². The minimum atomic E-state index is 0.738. The minimum absolute atomic E-state index is 0.738. The van der Waals surface area contributed by atoms with Crippen LogP contribution in [0, 0.1) is 6.92 Å². The highest BCUT2D eigenvalue weighted by molar-refractivity contribution is 7.80. The predicted octanol–water partition coefficient (Wildman–Crippen LogP) is 1.24. The van der Waals surface area contributed by atoms with Gasteiger partial charge in [-0.1, -0.05) is 5.16 Å². The summed E-state index contributed by atoms with van der Waals surface area (Å²) in [6.07, 6.45) is 0.968. The SMILES string of the molecule is CCNC(=S)N1CCc2c(C)noc2C1. The second-order valence-electron chi connectivity index (χ2n) is 3.68. The second-order valence-corrected chi connectivity index (χ2v) is 4.06. The fourth-order valence-electron chi connectivity index (χ4n) is 1.82. The summed E-state index contributed by atoms with van der Waals surface area (Å²) < 4.78 is 5.27. The lowest BCUT2D eigenvalue weighted by Crippen LogP contribution is -2.42. The summed E-state index contributed by atoms with van der Waals surface area (Å²) in [7, 11) is 0. The molecule has 2 rings (SSSR count). The molecule has 0 aliphatic carbocycles. The number of hydrogen-bond donors (Lipinski definition) is 1. The summed E-state index contributed by atoms with van der Waals surface area (Å²) in [5.41, 5.74) is 2.27. The lowest BCUT2D eigenvalue weighted by Gasteiger charge is -2.28. The fourth-order valence-corrected chi connectivity index (χ4v) is 2.12. The van der Waals surface area contributed by atoms with E-state index in [0.29, 0.717) is 0 Å². The molecule has 0 amide bonds. The molecule has 4 nitrogen and oxygen atoms in total. The Hall–Kier alpha value is -1.10. The molecule has 0 unspecified atom stereocenters. The molecule has 1 aliphatic rings. The Balaban J connectivity index is 2.09. The normalized spacial score (nSPS) is 14.9. The molecular formula is C10H15N3OS. The molecule has 0 fully saturated rings. The van der Waals surface area contributed by atoms with Crippen molar-refractivity contribution in [1.82, 2.24) is 15.4 Å². The van der Waals surface area contributed by atoms with E-state index in [2.05, 4.69) is 15.4 Å². The van der Waals surface area contributed by atoms with Crippen LogP contribution in [0.3, 0.4) is 0 Å². The molecule has 0 radical (unpaired) electrons. The molecule has 0 aromatic carbocycles. The van der Waals surface area contributed by atoms with Gasteiger partial charge in [0.05, 0.1) is 12.2 Å². The van der Waals surface area contributed by atoms with E-state index in [9.17, 15) is 0 Å². The average molecular weight is 225 g/mol. The monoisotopic (exact) mass is 225 g/mol. The lowest BCUT2D eigenvalue weighted by atomic mass is 10.1. The molecule has 0 saturated heterocycles. The molecule has 15 heavy (non-hydrogen) atoms. The molecule has 1 aliphatic heterocycles. The van der Waals surface area contributed by atoms with Gasteiger partial charge in [-0.25, -0.2) is 0 Å². The highest BCUT2D eigenvalue weighted by Crippen LogP contribution is 2.21.